The third kappa shape index (κ3) is 2.54. The van der Waals surface area contributed by atoms with Crippen LogP contribution in [0.25, 0.3) is 0 Å². The standard InChI is InChI=1S/C16H28O2Si/c1-11(8-12(2)19(3,4)5)16-7-6-13(10-16)9-14(16)15(17)18/h6-7,11-14H,8-10H2,1-5H3,(H,17,18). The van der Waals surface area contributed by atoms with Crippen molar-refractivity contribution >= 4 is 14.0 Å². The van der Waals surface area contributed by atoms with Crippen LogP contribution in [0.3, 0.4) is 0 Å². The summed E-state index contributed by atoms with van der Waals surface area (Å²) in [5.74, 6) is 0.274. The molecule has 0 heterocycles. The van der Waals surface area contributed by atoms with Crippen LogP contribution in [-0.2, 0) is 4.79 Å². The molecule has 1 fully saturated rings. The Kier molecular flexibility index (Phi) is 3.72. The summed E-state index contributed by atoms with van der Waals surface area (Å²) in [6.45, 7) is 11.9. The Morgan fingerprint density at radius 2 is 2.05 bits per heavy atom. The predicted octanol–water partition coefficient (Wildman–Crippen LogP) is 4.41. The highest BCUT2D eigenvalue weighted by Crippen LogP contribution is 2.59. The highest BCUT2D eigenvalue weighted by Gasteiger charge is 2.54. The van der Waals surface area contributed by atoms with Crippen molar-refractivity contribution in [2.45, 2.75) is 58.3 Å². The number of fused-ring (bicyclic) bond motifs is 2. The van der Waals surface area contributed by atoms with E-state index in [9.17, 15) is 9.90 Å². The van der Waals surface area contributed by atoms with Crippen molar-refractivity contribution in [2.75, 3.05) is 0 Å². The number of carboxylic acids is 1. The maximum Gasteiger partial charge on any atom is 0.307 e. The molecule has 2 bridgehead atoms. The van der Waals surface area contributed by atoms with E-state index in [-0.39, 0.29) is 11.3 Å². The van der Waals surface area contributed by atoms with E-state index < -0.39 is 14.0 Å². The molecule has 0 aromatic rings. The van der Waals surface area contributed by atoms with Crippen molar-refractivity contribution < 1.29 is 9.90 Å². The van der Waals surface area contributed by atoms with Crippen molar-refractivity contribution in [3.8, 4) is 0 Å². The Bertz CT molecular complexity index is 396. The number of aliphatic carboxylic acids is 1. The summed E-state index contributed by atoms with van der Waals surface area (Å²) in [5, 5.41) is 9.52. The largest absolute Gasteiger partial charge is 0.481 e. The molecule has 2 aliphatic rings. The molecule has 0 aromatic heterocycles. The lowest BCUT2D eigenvalue weighted by molar-refractivity contribution is -0.145. The van der Waals surface area contributed by atoms with Gasteiger partial charge in [-0.1, -0.05) is 45.6 Å². The minimum Gasteiger partial charge on any atom is -0.481 e. The number of rotatable bonds is 5. The lowest BCUT2D eigenvalue weighted by Gasteiger charge is -2.39. The molecular weight excluding hydrogens is 252 g/mol. The van der Waals surface area contributed by atoms with E-state index in [2.05, 4.69) is 45.6 Å². The molecule has 0 aliphatic heterocycles. The Hall–Kier alpha value is -0.573. The second-order valence-corrected chi connectivity index (χ2v) is 13.7. The van der Waals surface area contributed by atoms with Crippen LogP contribution < -0.4 is 0 Å². The Labute approximate surface area is 118 Å². The van der Waals surface area contributed by atoms with Gasteiger partial charge in [0.2, 0.25) is 0 Å². The Morgan fingerprint density at radius 1 is 1.42 bits per heavy atom. The van der Waals surface area contributed by atoms with Gasteiger partial charge in [0.05, 0.1) is 5.92 Å². The van der Waals surface area contributed by atoms with Crippen LogP contribution in [0.1, 0.15) is 33.1 Å². The van der Waals surface area contributed by atoms with Crippen molar-refractivity contribution in [1.82, 2.24) is 0 Å². The number of hydrogen-bond acceptors (Lipinski definition) is 1. The Morgan fingerprint density at radius 3 is 2.53 bits per heavy atom. The van der Waals surface area contributed by atoms with Crippen LogP contribution in [0.4, 0.5) is 0 Å². The fraction of sp³-hybridized carbons (Fsp3) is 0.812. The molecule has 19 heavy (non-hydrogen) atoms. The minimum absolute atomic E-state index is 0.0512. The fourth-order valence-corrected chi connectivity index (χ4v) is 5.05. The first kappa shape index (κ1) is 14.8. The third-order valence-electron chi connectivity index (χ3n) is 5.88. The summed E-state index contributed by atoms with van der Waals surface area (Å²) in [6, 6.07) is 0. The van der Waals surface area contributed by atoms with Crippen LogP contribution in [0.5, 0.6) is 0 Å². The van der Waals surface area contributed by atoms with E-state index in [1.54, 1.807) is 0 Å². The lowest BCUT2D eigenvalue weighted by atomic mass is 9.68. The lowest BCUT2D eigenvalue weighted by Crippen LogP contribution is -2.37. The van der Waals surface area contributed by atoms with Crippen LogP contribution in [0, 0.1) is 23.2 Å². The smallest absolute Gasteiger partial charge is 0.307 e. The normalized spacial score (nSPS) is 36.5. The molecule has 0 spiro atoms. The van der Waals surface area contributed by atoms with E-state index in [4.69, 9.17) is 0 Å². The number of carbonyl (C=O) groups is 1. The molecule has 0 radical (unpaired) electrons. The molecule has 5 atom stereocenters. The van der Waals surface area contributed by atoms with Gasteiger partial charge in [-0.25, -0.2) is 0 Å². The SMILES string of the molecule is CC(CC(C)[Si](C)(C)C)C12C=CC(CC1C(=O)O)C2. The first-order valence-electron chi connectivity index (χ1n) is 7.59. The van der Waals surface area contributed by atoms with E-state index in [1.165, 1.54) is 6.42 Å². The summed E-state index contributed by atoms with van der Waals surface area (Å²) in [5.41, 5.74) is 0.698. The molecule has 2 rings (SSSR count). The summed E-state index contributed by atoms with van der Waals surface area (Å²) in [4.78, 5) is 11.6. The fourth-order valence-electron chi connectivity index (χ4n) is 3.99. The van der Waals surface area contributed by atoms with Crippen LogP contribution in [0.15, 0.2) is 12.2 Å². The maximum absolute atomic E-state index is 11.6. The van der Waals surface area contributed by atoms with Gasteiger partial charge in [0.25, 0.3) is 0 Å². The number of hydrogen-bond donors (Lipinski definition) is 1. The molecule has 1 N–H and O–H groups in total. The topological polar surface area (TPSA) is 37.3 Å². The average Bonchev–Trinajstić information content (AvgIpc) is 2.85. The highest BCUT2D eigenvalue weighted by atomic mass is 28.3. The zero-order valence-corrected chi connectivity index (χ0v) is 13.9. The number of allylic oxidation sites excluding steroid dienone is 2. The van der Waals surface area contributed by atoms with Gasteiger partial charge in [-0.15, -0.1) is 0 Å². The first-order chi connectivity index (χ1) is 8.67. The van der Waals surface area contributed by atoms with Gasteiger partial charge in [-0.2, -0.15) is 0 Å². The van der Waals surface area contributed by atoms with Crippen LogP contribution in [-0.4, -0.2) is 19.1 Å². The summed E-state index contributed by atoms with van der Waals surface area (Å²) in [7, 11) is -1.13. The van der Waals surface area contributed by atoms with Crippen molar-refractivity contribution in [1.29, 1.82) is 0 Å². The van der Waals surface area contributed by atoms with Crippen LogP contribution >= 0.6 is 0 Å². The molecule has 0 amide bonds. The summed E-state index contributed by atoms with van der Waals surface area (Å²) < 4.78 is 0. The quantitative estimate of drug-likeness (QED) is 0.598. The molecule has 2 nitrogen and oxygen atoms in total. The molecule has 108 valence electrons. The molecule has 0 aromatic carbocycles. The molecule has 1 saturated carbocycles. The van der Waals surface area contributed by atoms with Gasteiger partial charge in [-0.05, 0) is 36.6 Å². The van der Waals surface area contributed by atoms with Gasteiger partial charge in [-0.3, -0.25) is 4.79 Å². The third-order valence-corrected chi connectivity index (χ3v) is 9.08. The first-order valence-corrected chi connectivity index (χ1v) is 11.2. The zero-order chi connectivity index (χ0) is 14.4. The molecular formula is C16H28O2Si. The highest BCUT2D eigenvalue weighted by molar-refractivity contribution is 6.77. The van der Waals surface area contributed by atoms with E-state index >= 15 is 0 Å². The second-order valence-electron chi connectivity index (χ2n) is 7.97. The van der Waals surface area contributed by atoms with E-state index in [0.29, 0.717) is 11.8 Å². The molecule has 0 saturated heterocycles. The van der Waals surface area contributed by atoms with Crippen molar-refractivity contribution in [2.24, 2.45) is 23.2 Å². The van der Waals surface area contributed by atoms with Gasteiger partial charge < -0.3 is 5.11 Å². The minimum atomic E-state index is -1.13. The summed E-state index contributed by atoms with van der Waals surface area (Å²) >= 11 is 0. The molecule has 2 aliphatic carbocycles. The monoisotopic (exact) mass is 280 g/mol. The van der Waals surface area contributed by atoms with Crippen molar-refractivity contribution in [3.63, 3.8) is 0 Å². The zero-order valence-electron chi connectivity index (χ0n) is 12.9. The van der Waals surface area contributed by atoms with Gasteiger partial charge in [0, 0.05) is 13.5 Å². The molecule has 3 heteroatoms. The van der Waals surface area contributed by atoms with E-state index in [0.717, 1.165) is 18.4 Å². The number of carboxylic acid groups (broad SMARTS) is 1. The average molecular weight is 280 g/mol. The van der Waals surface area contributed by atoms with Gasteiger partial charge in [0.1, 0.15) is 0 Å². The van der Waals surface area contributed by atoms with Gasteiger partial charge >= 0.3 is 5.97 Å². The Balaban J connectivity index is 2.15. The van der Waals surface area contributed by atoms with E-state index in [1.807, 2.05) is 0 Å². The van der Waals surface area contributed by atoms with Gasteiger partial charge in [0.15, 0.2) is 0 Å². The summed E-state index contributed by atoms with van der Waals surface area (Å²) in [6.07, 6.45) is 7.63. The maximum atomic E-state index is 11.6. The van der Waals surface area contributed by atoms with Crippen molar-refractivity contribution in [3.05, 3.63) is 12.2 Å². The molecule has 5 unspecified atom stereocenters. The second kappa shape index (κ2) is 4.76. The van der Waals surface area contributed by atoms with Crippen LogP contribution in [0.2, 0.25) is 25.2 Å². The predicted molar refractivity (Wildman–Crippen MR) is 82.0 cm³/mol.